The maximum absolute atomic E-state index is 12.2. The zero-order chi connectivity index (χ0) is 13.9. The first kappa shape index (κ1) is 14.8. The monoisotopic (exact) mass is 267 g/mol. The van der Waals surface area contributed by atoms with Crippen molar-refractivity contribution in [1.29, 1.82) is 0 Å². The zero-order valence-electron chi connectivity index (χ0n) is 12.7. The van der Waals surface area contributed by atoms with E-state index in [1.54, 1.807) is 0 Å². The van der Waals surface area contributed by atoms with Crippen LogP contribution in [0.15, 0.2) is 0 Å². The smallest absolute Gasteiger partial charge is 0.323 e. The van der Waals surface area contributed by atoms with E-state index in [1.165, 1.54) is 38.5 Å². The van der Waals surface area contributed by atoms with Crippen LogP contribution in [0, 0.1) is 11.8 Å². The fourth-order valence-electron chi connectivity index (χ4n) is 3.53. The molecule has 1 N–H and O–H groups in total. The highest BCUT2D eigenvalue weighted by atomic mass is 16.6. The number of esters is 1. The fourth-order valence-corrected chi connectivity index (χ4v) is 3.53. The van der Waals surface area contributed by atoms with Crippen molar-refractivity contribution < 1.29 is 9.53 Å². The van der Waals surface area contributed by atoms with E-state index < -0.39 is 0 Å². The van der Waals surface area contributed by atoms with E-state index in [2.05, 4.69) is 5.32 Å². The second-order valence-corrected chi connectivity index (χ2v) is 7.22. The van der Waals surface area contributed by atoms with Crippen LogP contribution in [0.5, 0.6) is 0 Å². The van der Waals surface area contributed by atoms with Gasteiger partial charge in [0.2, 0.25) is 0 Å². The van der Waals surface area contributed by atoms with Gasteiger partial charge in [-0.2, -0.15) is 0 Å². The molecule has 0 amide bonds. The normalized spacial score (nSPS) is 30.1. The molecule has 2 fully saturated rings. The molecular formula is C16H29NO2. The molecule has 0 radical (unpaired) electrons. The summed E-state index contributed by atoms with van der Waals surface area (Å²) in [7, 11) is 0. The molecule has 0 aromatic heterocycles. The van der Waals surface area contributed by atoms with E-state index in [0.717, 1.165) is 24.8 Å². The van der Waals surface area contributed by atoms with Gasteiger partial charge in [0.05, 0.1) is 0 Å². The quantitative estimate of drug-likeness (QED) is 0.780. The summed E-state index contributed by atoms with van der Waals surface area (Å²) >= 11 is 0. The average Bonchev–Trinajstić information content (AvgIpc) is 2.38. The van der Waals surface area contributed by atoms with Crippen molar-refractivity contribution in [2.24, 2.45) is 11.8 Å². The van der Waals surface area contributed by atoms with Crippen LogP contribution in [0.3, 0.4) is 0 Å². The molecule has 1 aliphatic heterocycles. The number of carbonyl (C=O) groups excluding carboxylic acids is 1. The number of nitrogens with one attached hydrogen (secondary N) is 1. The topological polar surface area (TPSA) is 38.3 Å². The molecule has 0 unspecified atom stereocenters. The summed E-state index contributed by atoms with van der Waals surface area (Å²) < 4.78 is 5.51. The molecule has 2 rings (SSSR count). The van der Waals surface area contributed by atoms with E-state index in [9.17, 15) is 4.79 Å². The molecule has 19 heavy (non-hydrogen) atoms. The molecule has 1 heterocycles. The minimum atomic E-state index is -0.378. The van der Waals surface area contributed by atoms with E-state index in [-0.39, 0.29) is 17.6 Å². The van der Waals surface area contributed by atoms with Crippen LogP contribution in [0.4, 0.5) is 0 Å². The summed E-state index contributed by atoms with van der Waals surface area (Å²) in [5, 5.41) is 3.34. The Morgan fingerprint density at radius 3 is 2.37 bits per heavy atom. The molecule has 0 aromatic rings. The average molecular weight is 267 g/mol. The molecule has 1 aliphatic carbocycles. The molecule has 3 nitrogen and oxygen atoms in total. The summed E-state index contributed by atoms with van der Waals surface area (Å²) in [4.78, 5) is 12.2. The van der Waals surface area contributed by atoms with E-state index in [1.807, 2.05) is 20.8 Å². The Morgan fingerprint density at radius 1 is 1.05 bits per heavy atom. The van der Waals surface area contributed by atoms with Crippen molar-refractivity contribution in [3.63, 3.8) is 0 Å². The van der Waals surface area contributed by atoms with Crippen molar-refractivity contribution in [1.82, 2.24) is 5.32 Å². The minimum absolute atomic E-state index is 0.0620. The van der Waals surface area contributed by atoms with E-state index in [4.69, 9.17) is 4.74 Å². The predicted octanol–water partition coefficient (Wildman–Crippen LogP) is 3.28. The molecule has 0 spiro atoms. The van der Waals surface area contributed by atoms with Gasteiger partial charge < -0.3 is 10.1 Å². The Hall–Kier alpha value is -0.570. The Kier molecular flexibility index (Phi) is 4.88. The summed E-state index contributed by atoms with van der Waals surface area (Å²) in [5.74, 6) is 1.51. The third-order valence-electron chi connectivity index (χ3n) is 4.45. The van der Waals surface area contributed by atoms with Crippen LogP contribution in [0.25, 0.3) is 0 Å². The summed E-state index contributed by atoms with van der Waals surface area (Å²) in [6.07, 6.45) is 9.09. The van der Waals surface area contributed by atoms with Gasteiger partial charge in [-0.3, -0.25) is 4.79 Å². The summed E-state index contributed by atoms with van der Waals surface area (Å²) in [6, 6.07) is -0.0834. The first-order valence-electron chi connectivity index (χ1n) is 7.92. The maximum Gasteiger partial charge on any atom is 0.323 e. The van der Waals surface area contributed by atoms with Gasteiger partial charge in [0.1, 0.15) is 11.6 Å². The number of carbonyl (C=O) groups is 1. The number of rotatable bonds is 2. The van der Waals surface area contributed by atoms with Gasteiger partial charge >= 0.3 is 5.97 Å². The second kappa shape index (κ2) is 6.25. The molecule has 3 heteroatoms. The van der Waals surface area contributed by atoms with Crippen LogP contribution in [0.2, 0.25) is 0 Å². The van der Waals surface area contributed by atoms with Crippen molar-refractivity contribution in [3.8, 4) is 0 Å². The van der Waals surface area contributed by atoms with Crippen LogP contribution in [-0.4, -0.2) is 24.2 Å². The van der Waals surface area contributed by atoms with Gasteiger partial charge in [0, 0.05) is 0 Å². The van der Waals surface area contributed by atoms with Gasteiger partial charge in [-0.25, -0.2) is 0 Å². The largest absolute Gasteiger partial charge is 0.459 e. The zero-order valence-corrected chi connectivity index (χ0v) is 12.7. The Morgan fingerprint density at radius 2 is 1.74 bits per heavy atom. The minimum Gasteiger partial charge on any atom is -0.459 e. The van der Waals surface area contributed by atoms with Gasteiger partial charge in [-0.05, 0) is 52.0 Å². The van der Waals surface area contributed by atoms with Crippen LogP contribution in [-0.2, 0) is 9.53 Å². The lowest BCUT2D eigenvalue weighted by Crippen LogP contribution is -2.47. The lowest BCUT2D eigenvalue weighted by molar-refractivity contribution is -0.158. The number of piperidine rings is 1. The van der Waals surface area contributed by atoms with Gasteiger partial charge in [0.15, 0.2) is 0 Å². The van der Waals surface area contributed by atoms with Crippen LogP contribution in [0.1, 0.15) is 65.7 Å². The van der Waals surface area contributed by atoms with Crippen LogP contribution < -0.4 is 5.32 Å². The van der Waals surface area contributed by atoms with Crippen molar-refractivity contribution in [3.05, 3.63) is 0 Å². The SMILES string of the molecule is CC(C)(C)OC(=O)[C@@H]1C[C@H](C2CCCCC2)CCN1. The summed E-state index contributed by atoms with van der Waals surface area (Å²) in [6.45, 7) is 6.77. The number of hydrogen-bond acceptors (Lipinski definition) is 3. The highest BCUT2D eigenvalue weighted by Gasteiger charge is 2.34. The van der Waals surface area contributed by atoms with Crippen molar-refractivity contribution in [2.45, 2.75) is 77.4 Å². The molecule has 0 aromatic carbocycles. The Balaban J connectivity index is 1.87. The lowest BCUT2D eigenvalue weighted by atomic mass is 9.74. The summed E-state index contributed by atoms with van der Waals surface area (Å²) in [5.41, 5.74) is -0.378. The highest BCUT2D eigenvalue weighted by Crippen LogP contribution is 2.35. The molecule has 0 bridgehead atoms. The fraction of sp³-hybridized carbons (Fsp3) is 0.938. The molecule has 110 valence electrons. The second-order valence-electron chi connectivity index (χ2n) is 7.22. The molecule has 2 aliphatic rings. The number of ether oxygens (including phenoxy) is 1. The third kappa shape index (κ3) is 4.48. The third-order valence-corrected chi connectivity index (χ3v) is 4.45. The number of hydrogen-bond donors (Lipinski definition) is 1. The molecule has 2 atom stereocenters. The van der Waals surface area contributed by atoms with Gasteiger partial charge in [-0.15, -0.1) is 0 Å². The highest BCUT2D eigenvalue weighted by molar-refractivity contribution is 5.76. The van der Waals surface area contributed by atoms with Crippen molar-refractivity contribution in [2.75, 3.05) is 6.54 Å². The Bertz CT molecular complexity index is 302. The van der Waals surface area contributed by atoms with Crippen LogP contribution >= 0.6 is 0 Å². The van der Waals surface area contributed by atoms with Crippen molar-refractivity contribution >= 4 is 5.97 Å². The first-order valence-corrected chi connectivity index (χ1v) is 7.92. The Labute approximate surface area is 117 Å². The molecular weight excluding hydrogens is 238 g/mol. The molecule has 1 saturated carbocycles. The lowest BCUT2D eigenvalue weighted by Gasteiger charge is -2.37. The van der Waals surface area contributed by atoms with E-state index >= 15 is 0 Å². The van der Waals surface area contributed by atoms with Gasteiger partial charge in [0.25, 0.3) is 0 Å². The molecule has 1 saturated heterocycles. The predicted molar refractivity (Wildman–Crippen MR) is 76.9 cm³/mol. The van der Waals surface area contributed by atoms with E-state index in [0.29, 0.717) is 0 Å². The maximum atomic E-state index is 12.2. The first-order chi connectivity index (χ1) is 8.96. The van der Waals surface area contributed by atoms with Gasteiger partial charge in [-0.1, -0.05) is 32.1 Å². The standard InChI is InChI=1S/C16H29NO2/c1-16(2,3)19-15(18)14-11-13(9-10-17-14)12-7-5-4-6-8-12/h12-14,17H,4-11H2,1-3H3/t13-,14+/m1/s1.